The Morgan fingerprint density at radius 2 is 1.75 bits per heavy atom. The minimum Gasteiger partial charge on any atom is -0.481 e. The number of urea groups is 1. The quantitative estimate of drug-likeness (QED) is 0.721. The SMILES string of the molecule is O=C(NCC(=O)N1CCC2(CC1)CC2C(=O)O)NC1CCCCC1. The minimum atomic E-state index is -0.712. The molecule has 2 saturated carbocycles. The Labute approximate surface area is 142 Å². The van der Waals surface area contributed by atoms with Gasteiger partial charge in [0.25, 0.3) is 0 Å². The standard InChI is InChI=1S/C17H27N3O4/c21-14(11-18-16(24)19-12-4-2-1-3-5-12)20-8-6-17(7-9-20)10-13(17)15(22)23/h12-13H,1-11H2,(H,22,23)(H2,18,19,24). The van der Waals surface area contributed by atoms with Crippen molar-refractivity contribution >= 4 is 17.9 Å². The zero-order chi connectivity index (χ0) is 17.2. The molecule has 2 aliphatic carbocycles. The van der Waals surface area contributed by atoms with Gasteiger partial charge < -0.3 is 20.6 Å². The molecule has 1 saturated heterocycles. The molecule has 1 atom stereocenters. The molecular formula is C17H27N3O4. The van der Waals surface area contributed by atoms with Gasteiger partial charge in [-0.25, -0.2) is 4.79 Å². The maximum atomic E-state index is 12.2. The summed E-state index contributed by atoms with van der Waals surface area (Å²) in [6.45, 7) is 1.19. The van der Waals surface area contributed by atoms with Crippen LogP contribution >= 0.6 is 0 Å². The van der Waals surface area contributed by atoms with E-state index in [0.717, 1.165) is 44.9 Å². The number of rotatable bonds is 4. The molecule has 3 N–H and O–H groups in total. The smallest absolute Gasteiger partial charge is 0.315 e. The molecular weight excluding hydrogens is 310 g/mol. The highest BCUT2D eigenvalue weighted by atomic mass is 16.4. The van der Waals surface area contributed by atoms with Crippen LogP contribution in [-0.2, 0) is 9.59 Å². The molecule has 0 radical (unpaired) electrons. The van der Waals surface area contributed by atoms with E-state index in [-0.39, 0.29) is 35.9 Å². The van der Waals surface area contributed by atoms with E-state index in [1.807, 2.05) is 0 Å². The highest BCUT2D eigenvalue weighted by molar-refractivity contribution is 5.84. The fraction of sp³-hybridized carbons (Fsp3) is 0.824. The van der Waals surface area contributed by atoms with Crippen LogP contribution < -0.4 is 10.6 Å². The number of nitrogens with one attached hydrogen (secondary N) is 2. The lowest BCUT2D eigenvalue weighted by Crippen LogP contribution is -2.48. The Hall–Kier alpha value is -1.79. The Morgan fingerprint density at radius 1 is 1.08 bits per heavy atom. The van der Waals surface area contributed by atoms with Gasteiger partial charge in [0, 0.05) is 19.1 Å². The van der Waals surface area contributed by atoms with Gasteiger partial charge in [-0.1, -0.05) is 19.3 Å². The molecule has 1 unspecified atom stereocenters. The second-order valence-electron chi connectivity index (χ2n) is 7.50. The maximum Gasteiger partial charge on any atom is 0.315 e. The number of piperidine rings is 1. The number of nitrogens with zero attached hydrogens (tertiary/aromatic N) is 1. The summed E-state index contributed by atoms with van der Waals surface area (Å²) in [7, 11) is 0. The molecule has 0 aromatic heterocycles. The average molecular weight is 337 g/mol. The number of likely N-dealkylation sites (tertiary alicyclic amines) is 1. The van der Waals surface area contributed by atoms with Gasteiger partial charge in [-0.3, -0.25) is 9.59 Å². The number of hydrogen-bond acceptors (Lipinski definition) is 3. The summed E-state index contributed by atoms with van der Waals surface area (Å²) in [5.41, 5.74) is -0.0750. The second-order valence-corrected chi connectivity index (χ2v) is 7.50. The van der Waals surface area contributed by atoms with Crippen molar-refractivity contribution in [2.75, 3.05) is 19.6 Å². The first kappa shape index (κ1) is 17.0. The number of amides is 3. The van der Waals surface area contributed by atoms with Crippen LogP contribution in [0.25, 0.3) is 0 Å². The van der Waals surface area contributed by atoms with Gasteiger partial charge in [0.1, 0.15) is 0 Å². The minimum absolute atomic E-state index is 0.00785. The Balaban J connectivity index is 1.35. The Kier molecular flexibility index (Phi) is 4.96. The molecule has 1 heterocycles. The van der Waals surface area contributed by atoms with Crippen molar-refractivity contribution < 1.29 is 19.5 Å². The summed E-state index contributed by atoms with van der Waals surface area (Å²) >= 11 is 0. The van der Waals surface area contributed by atoms with Crippen molar-refractivity contribution in [3.05, 3.63) is 0 Å². The predicted octanol–water partition coefficient (Wildman–Crippen LogP) is 1.33. The average Bonchev–Trinajstić information content (AvgIpc) is 3.28. The van der Waals surface area contributed by atoms with Crippen molar-refractivity contribution in [2.45, 2.75) is 57.4 Å². The van der Waals surface area contributed by atoms with Crippen LogP contribution in [0, 0.1) is 11.3 Å². The zero-order valence-corrected chi connectivity index (χ0v) is 14.1. The Bertz CT molecular complexity index is 508. The van der Waals surface area contributed by atoms with Gasteiger partial charge in [0.2, 0.25) is 5.91 Å². The number of carbonyl (C=O) groups excluding carboxylic acids is 2. The van der Waals surface area contributed by atoms with Crippen LogP contribution in [0.5, 0.6) is 0 Å². The number of carboxylic acid groups (broad SMARTS) is 1. The van der Waals surface area contributed by atoms with Crippen LogP contribution in [0.1, 0.15) is 51.4 Å². The summed E-state index contributed by atoms with van der Waals surface area (Å²) in [5.74, 6) is -1.03. The van der Waals surface area contributed by atoms with Crippen LogP contribution in [0.15, 0.2) is 0 Å². The largest absolute Gasteiger partial charge is 0.481 e. The predicted molar refractivity (Wildman–Crippen MR) is 87.4 cm³/mol. The summed E-state index contributed by atoms with van der Waals surface area (Å²) in [5, 5.41) is 14.7. The van der Waals surface area contributed by atoms with E-state index in [9.17, 15) is 14.4 Å². The fourth-order valence-electron chi connectivity index (χ4n) is 4.20. The fourth-order valence-corrected chi connectivity index (χ4v) is 4.20. The van der Waals surface area contributed by atoms with E-state index < -0.39 is 5.97 Å². The molecule has 0 aromatic rings. The monoisotopic (exact) mass is 337 g/mol. The second kappa shape index (κ2) is 6.99. The first-order chi connectivity index (χ1) is 11.5. The Morgan fingerprint density at radius 3 is 2.33 bits per heavy atom. The van der Waals surface area contributed by atoms with Gasteiger partial charge in [-0.15, -0.1) is 0 Å². The van der Waals surface area contributed by atoms with Gasteiger partial charge >= 0.3 is 12.0 Å². The zero-order valence-electron chi connectivity index (χ0n) is 14.1. The van der Waals surface area contributed by atoms with Crippen molar-refractivity contribution in [1.82, 2.24) is 15.5 Å². The van der Waals surface area contributed by atoms with E-state index >= 15 is 0 Å². The van der Waals surface area contributed by atoms with Crippen LogP contribution in [0.2, 0.25) is 0 Å². The van der Waals surface area contributed by atoms with Gasteiger partial charge in [-0.05, 0) is 37.5 Å². The normalized spacial score (nSPS) is 26.0. The van der Waals surface area contributed by atoms with Gasteiger partial charge in [0.15, 0.2) is 0 Å². The lowest BCUT2D eigenvalue weighted by atomic mass is 9.91. The maximum absolute atomic E-state index is 12.2. The highest BCUT2D eigenvalue weighted by Crippen LogP contribution is 2.59. The molecule has 24 heavy (non-hydrogen) atoms. The van der Waals surface area contributed by atoms with Crippen molar-refractivity contribution in [2.24, 2.45) is 11.3 Å². The number of aliphatic carboxylic acids is 1. The number of carbonyl (C=O) groups is 3. The molecule has 3 amide bonds. The first-order valence-electron chi connectivity index (χ1n) is 9.05. The van der Waals surface area contributed by atoms with E-state index in [1.165, 1.54) is 6.42 Å². The van der Waals surface area contributed by atoms with Gasteiger partial charge in [0.05, 0.1) is 12.5 Å². The van der Waals surface area contributed by atoms with Crippen LogP contribution in [0.4, 0.5) is 4.79 Å². The lowest BCUT2D eigenvalue weighted by Gasteiger charge is -2.32. The van der Waals surface area contributed by atoms with Crippen molar-refractivity contribution in [1.29, 1.82) is 0 Å². The van der Waals surface area contributed by atoms with E-state index in [0.29, 0.717) is 13.1 Å². The summed E-state index contributed by atoms with van der Waals surface area (Å²) in [4.78, 5) is 36.9. The molecule has 3 fully saturated rings. The molecule has 3 rings (SSSR count). The molecule has 134 valence electrons. The number of hydrogen-bond donors (Lipinski definition) is 3. The summed E-state index contributed by atoms with van der Waals surface area (Å²) < 4.78 is 0. The summed E-state index contributed by atoms with van der Waals surface area (Å²) in [6.07, 6.45) is 7.81. The molecule has 7 heteroatoms. The van der Waals surface area contributed by atoms with E-state index in [2.05, 4.69) is 10.6 Å². The molecule has 0 bridgehead atoms. The van der Waals surface area contributed by atoms with Crippen molar-refractivity contribution in [3.8, 4) is 0 Å². The topological polar surface area (TPSA) is 98.7 Å². The third-order valence-corrected chi connectivity index (χ3v) is 5.94. The first-order valence-corrected chi connectivity index (χ1v) is 9.05. The molecule has 3 aliphatic rings. The highest BCUT2D eigenvalue weighted by Gasteiger charge is 2.59. The van der Waals surface area contributed by atoms with Crippen LogP contribution in [-0.4, -0.2) is 53.6 Å². The third-order valence-electron chi connectivity index (χ3n) is 5.94. The molecule has 7 nitrogen and oxygen atoms in total. The number of carboxylic acids is 1. The van der Waals surface area contributed by atoms with Gasteiger partial charge in [-0.2, -0.15) is 0 Å². The van der Waals surface area contributed by atoms with E-state index in [4.69, 9.17) is 5.11 Å². The summed E-state index contributed by atoms with van der Waals surface area (Å²) in [6, 6.07) is -0.0385. The molecule has 1 spiro atoms. The van der Waals surface area contributed by atoms with Crippen LogP contribution in [0.3, 0.4) is 0 Å². The van der Waals surface area contributed by atoms with E-state index in [1.54, 1.807) is 4.90 Å². The lowest BCUT2D eigenvalue weighted by molar-refractivity contribution is -0.139. The third kappa shape index (κ3) is 3.82. The molecule has 0 aromatic carbocycles. The van der Waals surface area contributed by atoms with Crippen molar-refractivity contribution in [3.63, 3.8) is 0 Å². The molecule has 1 aliphatic heterocycles.